The Morgan fingerprint density at radius 3 is 2.67 bits per heavy atom. The first-order chi connectivity index (χ1) is 12.7. The molecule has 27 heavy (non-hydrogen) atoms. The highest BCUT2D eigenvalue weighted by Gasteiger charge is 2.13. The topological polar surface area (TPSA) is 84.6 Å². The number of halogens is 1. The Morgan fingerprint density at radius 1 is 1.22 bits per heavy atom. The molecule has 2 aromatic rings. The molecule has 0 fully saturated rings. The van der Waals surface area contributed by atoms with Gasteiger partial charge < -0.3 is 19.9 Å². The summed E-state index contributed by atoms with van der Waals surface area (Å²) >= 11 is 0. The van der Waals surface area contributed by atoms with Crippen LogP contribution in [-0.4, -0.2) is 29.8 Å². The second-order valence-corrected chi connectivity index (χ2v) is 5.99. The highest BCUT2D eigenvalue weighted by Crippen LogP contribution is 2.22. The minimum atomic E-state index is 0. The van der Waals surface area contributed by atoms with Crippen molar-refractivity contribution in [3.63, 3.8) is 0 Å². The number of ether oxygens (including phenoxy) is 1. The van der Waals surface area contributed by atoms with E-state index in [9.17, 15) is 0 Å². The van der Waals surface area contributed by atoms with E-state index < -0.39 is 0 Å². The Balaban J connectivity index is 0.00000364. The Labute approximate surface area is 178 Å². The van der Waals surface area contributed by atoms with E-state index in [1.54, 1.807) is 13.3 Å². The smallest absolute Gasteiger partial charge is 0.213 e. The van der Waals surface area contributed by atoms with Crippen molar-refractivity contribution in [2.75, 3.05) is 13.7 Å². The van der Waals surface area contributed by atoms with Crippen molar-refractivity contribution in [1.82, 2.24) is 20.8 Å². The van der Waals surface area contributed by atoms with E-state index in [1.165, 1.54) is 0 Å². The highest BCUT2D eigenvalue weighted by molar-refractivity contribution is 14.0. The van der Waals surface area contributed by atoms with E-state index in [2.05, 4.69) is 39.6 Å². The highest BCUT2D eigenvalue weighted by atomic mass is 127. The molecule has 7 nitrogen and oxygen atoms in total. The van der Waals surface area contributed by atoms with Crippen LogP contribution in [-0.2, 0) is 13.1 Å². The molecule has 0 amide bonds. The lowest BCUT2D eigenvalue weighted by Gasteiger charge is -2.10. The van der Waals surface area contributed by atoms with E-state index in [1.807, 2.05) is 25.1 Å². The number of nitrogens with one attached hydrogen (secondary N) is 2. The minimum Gasteiger partial charge on any atom is -0.481 e. The van der Waals surface area contributed by atoms with Gasteiger partial charge in [0.2, 0.25) is 5.88 Å². The molecule has 8 heteroatoms. The zero-order chi connectivity index (χ0) is 18.8. The molecule has 2 N–H and O–H groups in total. The number of methoxy groups -OCH3 is 1. The quantitative estimate of drug-likeness (QED) is 0.318. The average Bonchev–Trinajstić information content (AvgIpc) is 3.14. The number of guanidine groups is 1. The fourth-order valence-electron chi connectivity index (χ4n) is 2.65. The van der Waals surface area contributed by atoms with Crippen molar-refractivity contribution >= 4 is 29.9 Å². The lowest BCUT2D eigenvalue weighted by atomic mass is 9.99. The molecule has 0 aliphatic heterocycles. The molecular formula is C19H30IN5O2. The van der Waals surface area contributed by atoms with E-state index in [-0.39, 0.29) is 24.0 Å². The van der Waals surface area contributed by atoms with Crippen LogP contribution in [0.2, 0.25) is 0 Å². The first-order valence-corrected chi connectivity index (χ1v) is 9.16. The van der Waals surface area contributed by atoms with Crippen molar-refractivity contribution in [2.45, 2.75) is 52.6 Å². The molecule has 2 heterocycles. The third-order valence-corrected chi connectivity index (χ3v) is 4.18. The van der Waals surface area contributed by atoms with Crippen LogP contribution >= 0.6 is 24.0 Å². The zero-order valence-electron chi connectivity index (χ0n) is 16.5. The molecule has 0 unspecified atom stereocenters. The summed E-state index contributed by atoms with van der Waals surface area (Å²) in [6, 6.07) is 5.83. The molecule has 0 saturated carbocycles. The maximum atomic E-state index is 5.45. The maximum absolute atomic E-state index is 5.45. The van der Waals surface area contributed by atoms with Gasteiger partial charge >= 0.3 is 0 Å². The number of nitrogens with zero attached hydrogens (tertiary/aromatic N) is 3. The summed E-state index contributed by atoms with van der Waals surface area (Å²) in [6.45, 7) is 8.23. The van der Waals surface area contributed by atoms with E-state index in [4.69, 9.17) is 9.26 Å². The monoisotopic (exact) mass is 487 g/mol. The van der Waals surface area contributed by atoms with Crippen LogP contribution in [0, 0.1) is 0 Å². The average molecular weight is 487 g/mol. The molecule has 0 aromatic carbocycles. The van der Waals surface area contributed by atoms with Crippen LogP contribution in [0.25, 0.3) is 0 Å². The second kappa shape index (κ2) is 12.5. The molecular weight excluding hydrogens is 457 g/mol. The fourth-order valence-corrected chi connectivity index (χ4v) is 2.65. The van der Waals surface area contributed by atoms with Crippen molar-refractivity contribution in [1.29, 1.82) is 0 Å². The van der Waals surface area contributed by atoms with Crippen LogP contribution in [0.1, 0.15) is 56.5 Å². The molecule has 0 atom stereocenters. The van der Waals surface area contributed by atoms with E-state index in [0.717, 1.165) is 42.4 Å². The third-order valence-electron chi connectivity index (χ3n) is 4.18. The number of hydrogen-bond acceptors (Lipinski definition) is 5. The number of aromatic nitrogens is 2. The molecule has 2 aromatic heterocycles. The van der Waals surface area contributed by atoms with Gasteiger partial charge in [-0.15, -0.1) is 24.0 Å². The first-order valence-electron chi connectivity index (χ1n) is 9.16. The first kappa shape index (κ1) is 23.2. The van der Waals surface area contributed by atoms with Crippen LogP contribution < -0.4 is 15.4 Å². The van der Waals surface area contributed by atoms with Gasteiger partial charge in [-0.25, -0.2) is 9.98 Å². The van der Waals surface area contributed by atoms with Crippen LogP contribution in [0.3, 0.4) is 0 Å². The molecule has 0 radical (unpaired) electrons. The van der Waals surface area contributed by atoms with Gasteiger partial charge in [-0.05, 0) is 31.4 Å². The number of rotatable bonds is 9. The summed E-state index contributed by atoms with van der Waals surface area (Å²) in [7, 11) is 1.61. The van der Waals surface area contributed by atoms with Crippen molar-refractivity contribution < 1.29 is 9.26 Å². The largest absolute Gasteiger partial charge is 0.481 e. The molecule has 2 rings (SSSR count). The lowest BCUT2D eigenvalue weighted by molar-refractivity contribution is 0.368. The van der Waals surface area contributed by atoms with E-state index >= 15 is 0 Å². The van der Waals surface area contributed by atoms with Gasteiger partial charge in [0.15, 0.2) is 11.7 Å². The Bertz CT molecular complexity index is 701. The molecule has 150 valence electrons. The summed E-state index contributed by atoms with van der Waals surface area (Å²) in [4.78, 5) is 8.70. The number of hydrogen-bond donors (Lipinski definition) is 2. The molecule has 0 aliphatic carbocycles. The van der Waals surface area contributed by atoms with Crippen LogP contribution in [0.5, 0.6) is 5.88 Å². The number of pyridine rings is 1. The standard InChI is InChI=1S/C19H29N5O2.HI/c1-5-15(6-2)17-11-16(26-24-17)13-23-19(20-7-3)22-12-14-8-9-21-18(10-14)25-4;/h8-11,15H,5-7,12-13H2,1-4H3,(H2,20,22,23);1H. The molecule has 0 bridgehead atoms. The summed E-state index contributed by atoms with van der Waals surface area (Å²) in [5.74, 6) is 2.58. The van der Waals surface area contributed by atoms with Gasteiger partial charge in [-0.2, -0.15) is 0 Å². The van der Waals surface area contributed by atoms with Crippen LogP contribution in [0.15, 0.2) is 33.9 Å². The van der Waals surface area contributed by atoms with Gasteiger partial charge in [0.1, 0.15) is 0 Å². The second-order valence-electron chi connectivity index (χ2n) is 5.99. The van der Waals surface area contributed by atoms with Crippen molar-refractivity contribution in [3.05, 3.63) is 41.4 Å². The van der Waals surface area contributed by atoms with Gasteiger partial charge in [0.25, 0.3) is 0 Å². The van der Waals surface area contributed by atoms with Gasteiger partial charge in [-0.3, -0.25) is 0 Å². The molecule has 0 saturated heterocycles. The molecule has 0 aliphatic rings. The normalized spacial score (nSPS) is 11.2. The summed E-state index contributed by atoms with van der Waals surface area (Å²) < 4.78 is 10.6. The summed E-state index contributed by atoms with van der Waals surface area (Å²) in [5.41, 5.74) is 2.06. The van der Waals surface area contributed by atoms with E-state index in [0.29, 0.717) is 24.9 Å². The van der Waals surface area contributed by atoms with Crippen molar-refractivity contribution in [2.24, 2.45) is 4.99 Å². The fraction of sp³-hybridized carbons (Fsp3) is 0.526. The maximum Gasteiger partial charge on any atom is 0.213 e. The van der Waals surface area contributed by atoms with Gasteiger partial charge in [-0.1, -0.05) is 19.0 Å². The number of aliphatic imine (C=N–C) groups is 1. The van der Waals surface area contributed by atoms with Crippen molar-refractivity contribution in [3.8, 4) is 5.88 Å². The predicted octanol–water partition coefficient (Wildman–Crippen LogP) is 3.86. The van der Waals surface area contributed by atoms with Crippen LogP contribution in [0.4, 0.5) is 0 Å². The Kier molecular flexibility index (Phi) is 10.8. The Hall–Kier alpha value is -1.84. The Morgan fingerprint density at radius 2 is 2.00 bits per heavy atom. The summed E-state index contributed by atoms with van der Waals surface area (Å²) in [6.07, 6.45) is 3.85. The zero-order valence-corrected chi connectivity index (χ0v) is 18.8. The predicted molar refractivity (Wildman–Crippen MR) is 118 cm³/mol. The lowest BCUT2D eigenvalue weighted by Crippen LogP contribution is -2.36. The minimum absolute atomic E-state index is 0. The molecule has 0 spiro atoms. The SMILES string of the molecule is CCNC(=NCc1ccnc(OC)c1)NCc1cc(C(CC)CC)no1.I. The van der Waals surface area contributed by atoms with Gasteiger partial charge in [0.05, 0.1) is 25.9 Å². The third kappa shape index (κ3) is 7.36. The summed E-state index contributed by atoms with van der Waals surface area (Å²) in [5, 5.41) is 10.7. The van der Waals surface area contributed by atoms with Gasteiger partial charge in [0, 0.05) is 30.8 Å².